The molecule has 0 amide bonds. The van der Waals surface area contributed by atoms with Crippen molar-refractivity contribution in [1.82, 2.24) is 0 Å². The lowest BCUT2D eigenvalue weighted by Gasteiger charge is -2.10. The molecule has 0 aliphatic heterocycles. The van der Waals surface area contributed by atoms with Crippen molar-refractivity contribution in [3.05, 3.63) is 53.6 Å². The number of nitrogens with two attached hydrogens (primary N) is 1. The topological polar surface area (TPSA) is 96.0 Å². The SMILES string of the molecule is CCc1ccc(S(=O)(=O)Nc2cccc(C#N)c2)cc1N. The summed E-state index contributed by atoms with van der Waals surface area (Å²) in [4.78, 5) is 0.0968. The number of hydrogen-bond acceptors (Lipinski definition) is 4. The first kappa shape index (κ1) is 14.9. The molecule has 2 aromatic carbocycles. The van der Waals surface area contributed by atoms with E-state index in [4.69, 9.17) is 11.0 Å². The summed E-state index contributed by atoms with van der Waals surface area (Å²) in [5.41, 5.74) is 7.91. The average molecular weight is 301 g/mol. The molecule has 5 nitrogen and oxygen atoms in total. The first-order valence-corrected chi connectivity index (χ1v) is 7.86. The van der Waals surface area contributed by atoms with Crippen molar-refractivity contribution in [3.63, 3.8) is 0 Å². The van der Waals surface area contributed by atoms with Gasteiger partial charge in [0.1, 0.15) is 0 Å². The van der Waals surface area contributed by atoms with E-state index in [-0.39, 0.29) is 4.90 Å². The van der Waals surface area contributed by atoms with Crippen LogP contribution in [0.5, 0.6) is 0 Å². The van der Waals surface area contributed by atoms with Gasteiger partial charge in [-0.1, -0.05) is 19.1 Å². The number of hydrogen-bond donors (Lipinski definition) is 2. The summed E-state index contributed by atoms with van der Waals surface area (Å²) in [5.74, 6) is 0. The molecule has 0 spiro atoms. The van der Waals surface area contributed by atoms with Crippen LogP contribution < -0.4 is 10.5 Å². The van der Waals surface area contributed by atoms with Crippen molar-refractivity contribution in [1.29, 1.82) is 5.26 Å². The number of sulfonamides is 1. The van der Waals surface area contributed by atoms with Crippen LogP contribution in [0.25, 0.3) is 0 Å². The van der Waals surface area contributed by atoms with E-state index in [2.05, 4.69) is 4.72 Å². The molecule has 0 saturated heterocycles. The highest BCUT2D eigenvalue weighted by Gasteiger charge is 2.15. The quantitative estimate of drug-likeness (QED) is 0.848. The van der Waals surface area contributed by atoms with Crippen LogP contribution in [0.1, 0.15) is 18.1 Å². The van der Waals surface area contributed by atoms with Crippen LogP contribution in [-0.2, 0) is 16.4 Å². The number of aryl methyl sites for hydroxylation is 1. The van der Waals surface area contributed by atoms with Crippen LogP contribution in [0, 0.1) is 11.3 Å². The Balaban J connectivity index is 2.34. The van der Waals surface area contributed by atoms with E-state index in [1.54, 1.807) is 24.3 Å². The number of nitriles is 1. The second-order valence-corrected chi connectivity index (χ2v) is 6.19. The van der Waals surface area contributed by atoms with Crippen LogP contribution in [0.4, 0.5) is 11.4 Å². The van der Waals surface area contributed by atoms with Gasteiger partial charge in [-0.15, -0.1) is 0 Å². The predicted molar refractivity (Wildman–Crippen MR) is 82.2 cm³/mol. The first-order valence-electron chi connectivity index (χ1n) is 6.37. The molecule has 0 aliphatic rings. The summed E-state index contributed by atoms with van der Waals surface area (Å²) < 4.78 is 27.0. The van der Waals surface area contributed by atoms with Gasteiger partial charge in [0, 0.05) is 5.69 Å². The third-order valence-corrected chi connectivity index (χ3v) is 4.43. The molecule has 0 atom stereocenters. The highest BCUT2D eigenvalue weighted by molar-refractivity contribution is 7.92. The molecule has 3 N–H and O–H groups in total. The van der Waals surface area contributed by atoms with E-state index in [1.165, 1.54) is 18.2 Å². The fourth-order valence-corrected chi connectivity index (χ4v) is 3.01. The summed E-state index contributed by atoms with van der Waals surface area (Å²) in [6.07, 6.45) is 0.740. The maximum absolute atomic E-state index is 12.3. The highest BCUT2D eigenvalue weighted by Crippen LogP contribution is 2.21. The Morgan fingerprint density at radius 2 is 2.00 bits per heavy atom. The first-order chi connectivity index (χ1) is 9.96. The second kappa shape index (κ2) is 5.85. The fourth-order valence-electron chi connectivity index (χ4n) is 1.93. The molecule has 0 radical (unpaired) electrons. The smallest absolute Gasteiger partial charge is 0.261 e. The summed E-state index contributed by atoms with van der Waals surface area (Å²) in [7, 11) is -3.73. The molecule has 0 heterocycles. The molecule has 0 aliphatic carbocycles. The van der Waals surface area contributed by atoms with Crippen LogP contribution in [0.15, 0.2) is 47.4 Å². The minimum Gasteiger partial charge on any atom is -0.398 e. The van der Waals surface area contributed by atoms with Gasteiger partial charge >= 0.3 is 0 Å². The largest absolute Gasteiger partial charge is 0.398 e. The minimum absolute atomic E-state index is 0.0968. The zero-order valence-electron chi connectivity index (χ0n) is 11.5. The number of nitrogens with one attached hydrogen (secondary N) is 1. The van der Waals surface area contributed by atoms with E-state index < -0.39 is 10.0 Å². The molecule has 21 heavy (non-hydrogen) atoms. The number of anilines is 2. The summed E-state index contributed by atoms with van der Waals surface area (Å²) >= 11 is 0. The Bertz CT molecular complexity index is 808. The Morgan fingerprint density at radius 1 is 1.24 bits per heavy atom. The molecule has 0 bridgehead atoms. The van der Waals surface area contributed by atoms with Gasteiger partial charge in [-0.05, 0) is 42.3 Å². The number of rotatable bonds is 4. The van der Waals surface area contributed by atoms with Gasteiger partial charge < -0.3 is 5.73 Å². The maximum atomic E-state index is 12.3. The molecular weight excluding hydrogens is 286 g/mol. The van der Waals surface area contributed by atoms with E-state index in [0.717, 1.165) is 12.0 Å². The third kappa shape index (κ3) is 3.33. The van der Waals surface area contributed by atoms with Crippen LogP contribution in [-0.4, -0.2) is 8.42 Å². The second-order valence-electron chi connectivity index (χ2n) is 4.51. The van der Waals surface area contributed by atoms with E-state index in [9.17, 15) is 8.42 Å². The molecule has 0 unspecified atom stereocenters. The monoisotopic (exact) mass is 301 g/mol. The molecule has 2 rings (SSSR count). The van der Waals surface area contributed by atoms with Crippen molar-refractivity contribution < 1.29 is 8.42 Å². The minimum atomic E-state index is -3.73. The van der Waals surface area contributed by atoms with Gasteiger partial charge in [0.05, 0.1) is 22.2 Å². The van der Waals surface area contributed by atoms with Crippen molar-refractivity contribution in [2.24, 2.45) is 0 Å². The van der Waals surface area contributed by atoms with Crippen LogP contribution in [0.2, 0.25) is 0 Å². The standard InChI is InChI=1S/C15H15N3O2S/c1-2-12-6-7-14(9-15(12)17)21(19,20)18-13-5-3-4-11(8-13)10-16/h3-9,18H,2,17H2,1H3. The number of nitrogen functional groups attached to an aromatic ring is 1. The van der Waals surface area contributed by atoms with Gasteiger partial charge in [0.2, 0.25) is 0 Å². The molecule has 0 aromatic heterocycles. The molecule has 0 saturated carbocycles. The lowest BCUT2D eigenvalue weighted by atomic mass is 10.1. The van der Waals surface area contributed by atoms with E-state index in [0.29, 0.717) is 16.9 Å². The van der Waals surface area contributed by atoms with Gasteiger partial charge in [-0.25, -0.2) is 8.42 Å². The molecule has 2 aromatic rings. The zero-order valence-corrected chi connectivity index (χ0v) is 12.3. The summed E-state index contributed by atoms with van der Waals surface area (Å²) in [6.45, 7) is 1.95. The normalized spacial score (nSPS) is 10.9. The Labute approximate surface area is 124 Å². The Hall–Kier alpha value is -2.52. The van der Waals surface area contributed by atoms with Gasteiger partial charge in [0.25, 0.3) is 10.0 Å². The van der Waals surface area contributed by atoms with Gasteiger partial charge in [-0.3, -0.25) is 4.72 Å². The van der Waals surface area contributed by atoms with Crippen LogP contribution in [0.3, 0.4) is 0 Å². The third-order valence-electron chi connectivity index (χ3n) is 3.05. The van der Waals surface area contributed by atoms with Crippen LogP contribution >= 0.6 is 0 Å². The number of nitrogens with zero attached hydrogens (tertiary/aromatic N) is 1. The van der Waals surface area contributed by atoms with Gasteiger partial charge in [0.15, 0.2) is 0 Å². The molecule has 108 valence electrons. The van der Waals surface area contributed by atoms with Crippen molar-refractivity contribution in [3.8, 4) is 6.07 Å². The Morgan fingerprint density at radius 3 is 2.62 bits per heavy atom. The van der Waals surface area contributed by atoms with E-state index >= 15 is 0 Å². The molecule has 0 fully saturated rings. The zero-order chi connectivity index (χ0) is 15.5. The average Bonchev–Trinajstić information content (AvgIpc) is 2.47. The highest BCUT2D eigenvalue weighted by atomic mass is 32.2. The summed E-state index contributed by atoms with van der Waals surface area (Å²) in [5, 5.41) is 8.83. The van der Waals surface area contributed by atoms with Crippen molar-refractivity contribution in [2.45, 2.75) is 18.2 Å². The molecular formula is C15H15N3O2S. The predicted octanol–water partition coefficient (Wildman–Crippen LogP) is 2.50. The Kier molecular flexibility index (Phi) is 4.15. The van der Waals surface area contributed by atoms with Gasteiger partial charge in [-0.2, -0.15) is 5.26 Å². The van der Waals surface area contributed by atoms with Crippen molar-refractivity contribution >= 4 is 21.4 Å². The number of benzene rings is 2. The fraction of sp³-hybridized carbons (Fsp3) is 0.133. The summed E-state index contributed by atoms with van der Waals surface area (Å²) in [6, 6.07) is 12.9. The lowest BCUT2D eigenvalue weighted by Crippen LogP contribution is -2.13. The maximum Gasteiger partial charge on any atom is 0.261 e. The van der Waals surface area contributed by atoms with E-state index in [1.807, 2.05) is 13.0 Å². The lowest BCUT2D eigenvalue weighted by molar-refractivity contribution is 0.601. The molecule has 6 heteroatoms. The van der Waals surface area contributed by atoms with Crippen molar-refractivity contribution in [2.75, 3.05) is 10.5 Å².